The number of nitrogens with one attached hydrogen (secondary N) is 1. The quantitative estimate of drug-likeness (QED) is 0.763. The topological polar surface area (TPSA) is 38.3 Å². The molecule has 1 N–H and O–H groups in total. The van der Waals surface area contributed by atoms with Crippen LogP contribution in [0.2, 0.25) is 10.0 Å². The molecule has 2 rings (SSSR count). The molecule has 3 nitrogen and oxygen atoms in total. The molecule has 0 bridgehead atoms. The Bertz CT molecular complexity index is 704. The summed E-state index contributed by atoms with van der Waals surface area (Å²) in [7, 11) is 0. The van der Waals surface area contributed by atoms with Gasteiger partial charge in [0.25, 0.3) is 0 Å². The molecular formula is C19H21Cl2NO2. The van der Waals surface area contributed by atoms with Crippen LogP contribution in [0.3, 0.4) is 0 Å². The van der Waals surface area contributed by atoms with E-state index in [9.17, 15) is 4.79 Å². The highest BCUT2D eigenvalue weighted by Gasteiger charge is 2.10. The average molecular weight is 366 g/mol. The summed E-state index contributed by atoms with van der Waals surface area (Å²) in [4.78, 5) is 12.0. The predicted molar refractivity (Wildman–Crippen MR) is 99.1 cm³/mol. The van der Waals surface area contributed by atoms with E-state index in [1.54, 1.807) is 12.1 Å². The number of hydrogen-bond donors (Lipinski definition) is 1. The zero-order chi connectivity index (χ0) is 17.5. The third-order valence-corrected chi connectivity index (χ3v) is 4.21. The van der Waals surface area contributed by atoms with Gasteiger partial charge in [-0.25, -0.2) is 0 Å². The van der Waals surface area contributed by atoms with E-state index in [0.29, 0.717) is 29.5 Å². The van der Waals surface area contributed by atoms with Crippen molar-refractivity contribution in [3.8, 4) is 5.75 Å². The van der Waals surface area contributed by atoms with Gasteiger partial charge in [0.1, 0.15) is 12.4 Å². The molecule has 0 aliphatic carbocycles. The van der Waals surface area contributed by atoms with Crippen molar-refractivity contribution in [3.63, 3.8) is 0 Å². The second-order valence-electron chi connectivity index (χ2n) is 5.78. The fourth-order valence-corrected chi connectivity index (χ4v) is 2.80. The normalized spacial score (nSPS) is 11.8. The van der Waals surface area contributed by atoms with E-state index in [1.165, 1.54) is 0 Å². The first-order valence-corrected chi connectivity index (χ1v) is 8.63. The number of carbonyl (C=O) groups is 1. The second kappa shape index (κ2) is 8.95. The van der Waals surface area contributed by atoms with Crippen LogP contribution in [0.4, 0.5) is 0 Å². The van der Waals surface area contributed by atoms with Crippen LogP contribution in [0.15, 0.2) is 42.5 Å². The molecule has 128 valence electrons. The fourth-order valence-electron chi connectivity index (χ4n) is 2.29. The van der Waals surface area contributed by atoms with E-state index >= 15 is 0 Å². The average Bonchev–Trinajstić information content (AvgIpc) is 2.53. The Morgan fingerprint density at radius 1 is 1.21 bits per heavy atom. The van der Waals surface area contributed by atoms with Gasteiger partial charge >= 0.3 is 0 Å². The standard InChI is InChI=1S/C19H21Cl2NO2/c1-13-5-3-4-6-18(13)24-12-14(2)22-19(23)10-8-15-7-9-16(20)11-17(15)21/h3-7,9,11,14H,8,10,12H2,1-2H3,(H,22,23). The maximum Gasteiger partial charge on any atom is 0.220 e. The van der Waals surface area contributed by atoms with Crippen molar-refractivity contribution in [1.82, 2.24) is 5.32 Å². The smallest absolute Gasteiger partial charge is 0.220 e. The molecule has 0 saturated carbocycles. The lowest BCUT2D eigenvalue weighted by Gasteiger charge is -2.16. The SMILES string of the molecule is Cc1ccccc1OCC(C)NC(=O)CCc1ccc(Cl)cc1Cl. The molecule has 0 spiro atoms. The minimum Gasteiger partial charge on any atom is -0.491 e. The fraction of sp³-hybridized carbons (Fsp3) is 0.316. The highest BCUT2D eigenvalue weighted by molar-refractivity contribution is 6.35. The first kappa shape index (κ1) is 18.6. The van der Waals surface area contributed by atoms with Crippen LogP contribution >= 0.6 is 23.2 Å². The van der Waals surface area contributed by atoms with Crippen LogP contribution in [-0.4, -0.2) is 18.6 Å². The van der Waals surface area contributed by atoms with Crippen LogP contribution in [0.5, 0.6) is 5.75 Å². The molecule has 1 unspecified atom stereocenters. The van der Waals surface area contributed by atoms with Crippen molar-refractivity contribution in [2.24, 2.45) is 0 Å². The number of rotatable bonds is 7. The van der Waals surface area contributed by atoms with Crippen molar-refractivity contribution >= 4 is 29.1 Å². The number of carbonyl (C=O) groups excluding carboxylic acids is 1. The minimum atomic E-state index is -0.0715. The van der Waals surface area contributed by atoms with Crippen molar-refractivity contribution in [1.29, 1.82) is 0 Å². The third kappa shape index (κ3) is 5.73. The van der Waals surface area contributed by atoms with E-state index in [0.717, 1.165) is 16.9 Å². The monoisotopic (exact) mass is 365 g/mol. The van der Waals surface area contributed by atoms with Gasteiger partial charge in [-0.1, -0.05) is 47.5 Å². The van der Waals surface area contributed by atoms with Crippen LogP contribution in [-0.2, 0) is 11.2 Å². The van der Waals surface area contributed by atoms with E-state index in [1.807, 2.05) is 44.2 Å². The third-order valence-electron chi connectivity index (χ3n) is 3.63. The van der Waals surface area contributed by atoms with Crippen molar-refractivity contribution in [2.75, 3.05) is 6.61 Å². The first-order chi connectivity index (χ1) is 11.5. The highest BCUT2D eigenvalue weighted by Crippen LogP contribution is 2.22. The van der Waals surface area contributed by atoms with E-state index in [2.05, 4.69) is 5.32 Å². The van der Waals surface area contributed by atoms with Gasteiger partial charge in [-0.3, -0.25) is 4.79 Å². The summed E-state index contributed by atoms with van der Waals surface area (Å²) < 4.78 is 5.74. The molecule has 0 aliphatic rings. The van der Waals surface area contributed by atoms with Gasteiger partial charge in [0.15, 0.2) is 0 Å². The van der Waals surface area contributed by atoms with E-state index in [-0.39, 0.29) is 11.9 Å². The lowest BCUT2D eigenvalue weighted by Crippen LogP contribution is -2.36. The number of aryl methyl sites for hydroxylation is 2. The molecule has 2 aromatic carbocycles. The summed E-state index contributed by atoms with van der Waals surface area (Å²) >= 11 is 12.0. The molecule has 0 saturated heterocycles. The van der Waals surface area contributed by atoms with Crippen LogP contribution in [0.1, 0.15) is 24.5 Å². The molecule has 1 amide bonds. The number of amides is 1. The summed E-state index contributed by atoms with van der Waals surface area (Å²) in [5.41, 5.74) is 1.99. The van der Waals surface area contributed by atoms with E-state index in [4.69, 9.17) is 27.9 Å². The van der Waals surface area contributed by atoms with Crippen LogP contribution < -0.4 is 10.1 Å². The van der Waals surface area contributed by atoms with Crippen molar-refractivity contribution in [3.05, 3.63) is 63.6 Å². The molecule has 2 aromatic rings. The number of benzene rings is 2. The Balaban J connectivity index is 1.76. The molecule has 5 heteroatoms. The Morgan fingerprint density at radius 3 is 2.67 bits per heavy atom. The van der Waals surface area contributed by atoms with Gasteiger partial charge in [0, 0.05) is 16.5 Å². The lowest BCUT2D eigenvalue weighted by molar-refractivity contribution is -0.121. The minimum absolute atomic E-state index is 0.0260. The van der Waals surface area contributed by atoms with Gasteiger partial charge < -0.3 is 10.1 Å². The Morgan fingerprint density at radius 2 is 1.96 bits per heavy atom. The van der Waals surface area contributed by atoms with Gasteiger partial charge in [-0.2, -0.15) is 0 Å². The molecule has 24 heavy (non-hydrogen) atoms. The Labute approximate surface area is 152 Å². The largest absolute Gasteiger partial charge is 0.491 e. The second-order valence-corrected chi connectivity index (χ2v) is 6.62. The highest BCUT2D eigenvalue weighted by atomic mass is 35.5. The molecule has 0 aliphatic heterocycles. The summed E-state index contributed by atoms with van der Waals surface area (Å²) in [6, 6.07) is 13.1. The number of hydrogen-bond acceptors (Lipinski definition) is 2. The van der Waals surface area contributed by atoms with Gasteiger partial charge in [0.2, 0.25) is 5.91 Å². The molecule has 0 aromatic heterocycles. The van der Waals surface area contributed by atoms with Crippen molar-refractivity contribution < 1.29 is 9.53 Å². The zero-order valence-electron chi connectivity index (χ0n) is 13.8. The molecule has 0 radical (unpaired) electrons. The van der Waals surface area contributed by atoms with Crippen LogP contribution in [0, 0.1) is 6.92 Å². The summed E-state index contributed by atoms with van der Waals surface area (Å²) in [6.07, 6.45) is 0.948. The molecule has 0 heterocycles. The zero-order valence-corrected chi connectivity index (χ0v) is 15.3. The Kier molecular flexibility index (Phi) is 6.95. The molecule has 0 fully saturated rings. The number of halogens is 2. The summed E-state index contributed by atoms with van der Waals surface area (Å²) in [6.45, 7) is 4.35. The summed E-state index contributed by atoms with van der Waals surface area (Å²) in [5, 5.41) is 4.12. The first-order valence-electron chi connectivity index (χ1n) is 7.87. The number of para-hydroxylation sites is 1. The van der Waals surface area contributed by atoms with E-state index < -0.39 is 0 Å². The maximum atomic E-state index is 12.0. The number of ether oxygens (including phenoxy) is 1. The van der Waals surface area contributed by atoms with Crippen molar-refractivity contribution in [2.45, 2.75) is 32.7 Å². The molecule has 1 atom stereocenters. The lowest BCUT2D eigenvalue weighted by atomic mass is 10.1. The van der Waals surface area contributed by atoms with Gasteiger partial charge in [-0.15, -0.1) is 0 Å². The van der Waals surface area contributed by atoms with Crippen LogP contribution in [0.25, 0.3) is 0 Å². The van der Waals surface area contributed by atoms with Gasteiger partial charge in [0.05, 0.1) is 6.04 Å². The maximum absolute atomic E-state index is 12.0. The summed E-state index contributed by atoms with van der Waals surface area (Å²) in [5.74, 6) is 0.813. The predicted octanol–water partition coefficient (Wildman–Crippen LogP) is 4.82. The molecular weight excluding hydrogens is 345 g/mol. The Hall–Kier alpha value is -1.71. The van der Waals surface area contributed by atoms with Gasteiger partial charge in [-0.05, 0) is 49.6 Å².